The fraction of sp³-hybridized carbons (Fsp3) is 0.357. The highest BCUT2D eigenvalue weighted by atomic mass is 32.1. The maximum Gasteiger partial charge on any atom is 0.133 e. The maximum absolute atomic E-state index is 13.7. The van der Waals surface area contributed by atoms with E-state index in [4.69, 9.17) is 5.73 Å². The van der Waals surface area contributed by atoms with Crippen LogP contribution in [0.4, 0.5) is 4.39 Å². The average Bonchev–Trinajstić information content (AvgIpc) is 2.72. The molecular weight excluding hydrogens is 247 g/mol. The number of thiazole rings is 1. The van der Waals surface area contributed by atoms with E-state index in [0.29, 0.717) is 12.1 Å². The zero-order chi connectivity index (χ0) is 13.3. The third-order valence-corrected chi connectivity index (χ3v) is 4.58. The molecule has 2 N–H and O–H groups in total. The van der Waals surface area contributed by atoms with Crippen molar-refractivity contribution >= 4 is 11.3 Å². The molecule has 4 heteroatoms. The number of rotatable bonds is 3. The third kappa shape index (κ3) is 2.31. The Morgan fingerprint density at radius 2 is 2.00 bits per heavy atom. The Hall–Kier alpha value is -1.26. The molecule has 0 amide bonds. The predicted octanol–water partition coefficient (Wildman–Crippen LogP) is 3.49. The smallest absolute Gasteiger partial charge is 0.133 e. The van der Waals surface area contributed by atoms with Crippen LogP contribution in [-0.4, -0.2) is 11.5 Å². The summed E-state index contributed by atoms with van der Waals surface area (Å²) in [6.07, 6.45) is 0. The summed E-state index contributed by atoms with van der Waals surface area (Å²) in [5.41, 5.74) is 7.17. The van der Waals surface area contributed by atoms with Crippen molar-refractivity contribution in [2.75, 3.05) is 6.54 Å². The lowest BCUT2D eigenvalue weighted by molar-refractivity contribution is 0.546. The van der Waals surface area contributed by atoms with Gasteiger partial charge in [-0.2, -0.15) is 0 Å². The molecule has 2 nitrogen and oxygen atoms in total. The van der Waals surface area contributed by atoms with Gasteiger partial charge in [0.25, 0.3) is 0 Å². The van der Waals surface area contributed by atoms with Crippen molar-refractivity contribution in [3.05, 3.63) is 40.7 Å². The van der Waals surface area contributed by atoms with Gasteiger partial charge in [-0.3, -0.25) is 0 Å². The van der Waals surface area contributed by atoms with Crippen LogP contribution in [0, 0.1) is 12.7 Å². The molecule has 2 aromatic rings. The molecule has 18 heavy (non-hydrogen) atoms. The van der Waals surface area contributed by atoms with E-state index < -0.39 is 0 Å². The molecule has 0 spiro atoms. The van der Waals surface area contributed by atoms with Gasteiger partial charge >= 0.3 is 0 Å². The second kappa shape index (κ2) is 4.78. The first-order valence-corrected chi connectivity index (χ1v) is 6.70. The van der Waals surface area contributed by atoms with Crippen LogP contribution in [0.1, 0.15) is 24.4 Å². The van der Waals surface area contributed by atoms with Gasteiger partial charge in [-0.15, -0.1) is 11.3 Å². The molecule has 1 aromatic heterocycles. The van der Waals surface area contributed by atoms with Crippen LogP contribution in [0.3, 0.4) is 0 Å². The zero-order valence-electron chi connectivity index (χ0n) is 10.8. The number of nitrogens with two attached hydrogens (primary N) is 1. The second-order valence-electron chi connectivity index (χ2n) is 5.00. The fourth-order valence-electron chi connectivity index (χ4n) is 1.87. The Bertz CT molecular complexity index is 561. The first-order chi connectivity index (χ1) is 8.45. The SMILES string of the molecule is Cc1nc(-c2ccccc2F)sc1C(C)(C)CN. The number of hydrogen-bond donors (Lipinski definition) is 1. The molecule has 0 radical (unpaired) electrons. The Morgan fingerprint density at radius 3 is 2.61 bits per heavy atom. The molecule has 1 aromatic carbocycles. The van der Waals surface area contributed by atoms with E-state index in [1.807, 2.05) is 13.0 Å². The summed E-state index contributed by atoms with van der Waals surface area (Å²) in [5, 5.41) is 0.724. The van der Waals surface area contributed by atoms with Crippen molar-refractivity contribution in [3.8, 4) is 10.6 Å². The minimum Gasteiger partial charge on any atom is -0.330 e. The molecule has 0 saturated heterocycles. The van der Waals surface area contributed by atoms with Gasteiger partial charge in [-0.1, -0.05) is 26.0 Å². The van der Waals surface area contributed by atoms with Crippen LogP contribution < -0.4 is 5.73 Å². The van der Waals surface area contributed by atoms with E-state index in [1.54, 1.807) is 12.1 Å². The molecule has 0 aliphatic heterocycles. The van der Waals surface area contributed by atoms with Crippen LogP contribution in [0.5, 0.6) is 0 Å². The molecule has 0 fully saturated rings. The minimum atomic E-state index is -0.233. The van der Waals surface area contributed by atoms with Gasteiger partial charge in [0.2, 0.25) is 0 Å². The third-order valence-electron chi connectivity index (χ3n) is 3.03. The predicted molar refractivity (Wildman–Crippen MR) is 74.3 cm³/mol. The average molecular weight is 264 g/mol. The van der Waals surface area contributed by atoms with Gasteiger partial charge in [-0.05, 0) is 19.1 Å². The normalized spacial score (nSPS) is 11.8. The van der Waals surface area contributed by atoms with E-state index >= 15 is 0 Å². The molecule has 2 rings (SSSR count). The fourth-order valence-corrected chi connectivity index (χ4v) is 3.07. The van der Waals surface area contributed by atoms with E-state index in [1.165, 1.54) is 17.4 Å². The Kier molecular flexibility index (Phi) is 3.50. The molecule has 0 bridgehead atoms. The number of halogens is 1. The lowest BCUT2D eigenvalue weighted by atomic mass is 9.91. The van der Waals surface area contributed by atoms with E-state index in [0.717, 1.165) is 15.6 Å². The van der Waals surface area contributed by atoms with Gasteiger partial charge in [-0.25, -0.2) is 9.37 Å². The van der Waals surface area contributed by atoms with Crippen LogP contribution in [-0.2, 0) is 5.41 Å². The maximum atomic E-state index is 13.7. The highest BCUT2D eigenvalue weighted by Gasteiger charge is 2.25. The molecule has 96 valence electrons. The summed E-state index contributed by atoms with van der Waals surface area (Å²) in [4.78, 5) is 5.61. The summed E-state index contributed by atoms with van der Waals surface area (Å²) in [5.74, 6) is -0.233. The Balaban J connectivity index is 2.51. The van der Waals surface area contributed by atoms with Gasteiger partial charge in [0.05, 0.1) is 5.69 Å². The van der Waals surface area contributed by atoms with Crippen LogP contribution in [0.15, 0.2) is 24.3 Å². The molecule has 0 aliphatic carbocycles. The molecule has 0 saturated carbocycles. The molecular formula is C14H17FN2S. The topological polar surface area (TPSA) is 38.9 Å². The standard InChI is InChI=1S/C14H17FN2S/c1-9-12(14(2,3)8-16)18-13(17-9)10-6-4-5-7-11(10)15/h4-7H,8,16H2,1-3H3. The number of aryl methyl sites for hydroxylation is 1. The summed E-state index contributed by atoms with van der Waals surface area (Å²) in [6, 6.07) is 6.72. The quantitative estimate of drug-likeness (QED) is 0.921. The molecule has 1 heterocycles. The Labute approximate surface area is 111 Å². The first kappa shape index (κ1) is 13.2. The first-order valence-electron chi connectivity index (χ1n) is 5.88. The van der Waals surface area contributed by atoms with Crippen LogP contribution in [0.25, 0.3) is 10.6 Å². The van der Waals surface area contributed by atoms with Crippen LogP contribution in [0.2, 0.25) is 0 Å². The highest BCUT2D eigenvalue weighted by Crippen LogP contribution is 2.36. The van der Waals surface area contributed by atoms with E-state index in [-0.39, 0.29) is 11.2 Å². The highest BCUT2D eigenvalue weighted by molar-refractivity contribution is 7.15. The summed E-state index contributed by atoms with van der Waals surface area (Å²) in [6.45, 7) is 6.66. The summed E-state index contributed by atoms with van der Waals surface area (Å²) in [7, 11) is 0. The number of nitrogens with zero attached hydrogens (tertiary/aromatic N) is 1. The summed E-state index contributed by atoms with van der Waals surface area (Å²) < 4.78 is 13.7. The van der Waals surface area contributed by atoms with Crippen molar-refractivity contribution < 1.29 is 4.39 Å². The van der Waals surface area contributed by atoms with Crippen LogP contribution >= 0.6 is 11.3 Å². The lowest BCUT2D eigenvalue weighted by Gasteiger charge is -2.20. The molecule has 0 aliphatic rings. The van der Waals surface area contributed by atoms with Crippen molar-refractivity contribution in [3.63, 3.8) is 0 Å². The number of hydrogen-bond acceptors (Lipinski definition) is 3. The molecule has 0 unspecified atom stereocenters. The van der Waals surface area contributed by atoms with Crippen molar-refractivity contribution in [2.45, 2.75) is 26.2 Å². The monoisotopic (exact) mass is 264 g/mol. The lowest BCUT2D eigenvalue weighted by Crippen LogP contribution is -2.27. The number of aromatic nitrogens is 1. The van der Waals surface area contributed by atoms with E-state index in [2.05, 4.69) is 18.8 Å². The van der Waals surface area contributed by atoms with E-state index in [9.17, 15) is 4.39 Å². The minimum absolute atomic E-state index is 0.120. The Morgan fingerprint density at radius 1 is 1.33 bits per heavy atom. The largest absolute Gasteiger partial charge is 0.330 e. The molecule has 0 atom stereocenters. The zero-order valence-corrected chi connectivity index (χ0v) is 11.6. The number of benzene rings is 1. The van der Waals surface area contributed by atoms with Crippen molar-refractivity contribution in [1.82, 2.24) is 4.98 Å². The summed E-state index contributed by atoms with van der Waals surface area (Å²) >= 11 is 1.53. The second-order valence-corrected chi connectivity index (χ2v) is 6.00. The van der Waals surface area contributed by atoms with Crippen molar-refractivity contribution in [2.24, 2.45) is 5.73 Å². The van der Waals surface area contributed by atoms with Gasteiger partial charge in [0.15, 0.2) is 0 Å². The van der Waals surface area contributed by atoms with Gasteiger partial charge in [0.1, 0.15) is 10.8 Å². The van der Waals surface area contributed by atoms with Gasteiger partial charge in [0, 0.05) is 22.4 Å². The van der Waals surface area contributed by atoms with Gasteiger partial charge < -0.3 is 5.73 Å². The van der Waals surface area contributed by atoms with Crippen molar-refractivity contribution in [1.29, 1.82) is 0 Å².